The molecule has 1 aliphatic rings. The van der Waals surface area contributed by atoms with Crippen molar-refractivity contribution in [2.75, 3.05) is 19.0 Å². The summed E-state index contributed by atoms with van der Waals surface area (Å²) in [5.41, 5.74) is 4.02. The Morgan fingerprint density at radius 3 is 2.34 bits per heavy atom. The molecule has 0 aliphatic carbocycles. The van der Waals surface area contributed by atoms with E-state index in [9.17, 15) is 9.59 Å². The minimum absolute atomic E-state index is 0.204. The van der Waals surface area contributed by atoms with E-state index in [2.05, 4.69) is 34.1 Å². The van der Waals surface area contributed by atoms with Crippen LogP contribution in [0.2, 0.25) is 0 Å². The SMILES string of the molecule is CCn1c2ccccc2c2cc(NC(=O)C3C/C(=N\OC)CN3C(=O)c3ccc(Oc4ccccc4)cc3)ccc21. The number of benzene rings is 4. The van der Waals surface area contributed by atoms with Crippen LogP contribution in [0.3, 0.4) is 0 Å². The topological polar surface area (TPSA) is 85.2 Å². The van der Waals surface area contributed by atoms with Gasteiger partial charge in [0.25, 0.3) is 5.91 Å². The van der Waals surface area contributed by atoms with Crippen molar-refractivity contribution in [3.8, 4) is 11.5 Å². The number of rotatable bonds is 7. The van der Waals surface area contributed by atoms with Crippen LogP contribution in [0.5, 0.6) is 11.5 Å². The van der Waals surface area contributed by atoms with Gasteiger partial charge in [0.05, 0.1) is 12.3 Å². The summed E-state index contributed by atoms with van der Waals surface area (Å²) < 4.78 is 8.11. The van der Waals surface area contributed by atoms with E-state index in [1.807, 2.05) is 60.7 Å². The molecule has 0 radical (unpaired) electrons. The maximum Gasteiger partial charge on any atom is 0.254 e. The molecule has 41 heavy (non-hydrogen) atoms. The lowest BCUT2D eigenvalue weighted by atomic mass is 10.1. The summed E-state index contributed by atoms with van der Waals surface area (Å²) >= 11 is 0. The largest absolute Gasteiger partial charge is 0.457 e. The lowest BCUT2D eigenvalue weighted by Gasteiger charge is -2.23. The van der Waals surface area contributed by atoms with Crippen molar-refractivity contribution < 1.29 is 19.2 Å². The van der Waals surface area contributed by atoms with Crippen molar-refractivity contribution in [2.45, 2.75) is 25.9 Å². The normalized spacial score (nSPS) is 15.9. The van der Waals surface area contributed by atoms with Gasteiger partial charge < -0.3 is 24.4 Å². The standard InChI is InChI=1S/C33H30N4O4/c1-3-36-29-12-8-7-11-27(29)28-19-23(15-18-30(28)36)34-32(38)31-20-24(35-40-2)21-37(31)33(39)22-13-16-26(17-14-22)41-25-9-5-4-6-10-25/h4-19,31H,3,20-21H2,1-2H3,(H,34,38)/b35-24+. The van der Waals surface area contributed by atoms with E-state index in [-0.39, 0.29) is 24.8 Å². The smallest absolute Gasteiger partial charge is 0.254 e. The van der Waals surface area contributed by atoms with Gasteiger partial charge in [0.1, 0.15) is 24.7 Å². The van der Waals surface area contributed by atoms with Gasteiger partial charge in [-0.3, -0.25) is 9.59 Å². The number of para-hydroxylation sites is 2. The zero-order chi connectivity index (χ0) is 28.3. The Morgan fingerprint density at radius 1 is 0.878 bits per heavy atom. The summed E-state index contributed by atoms with van der Waals surface area (Å²) in [4.78, 5) is 33.7. The summed E-state index contributed by atoms with van der Waals surface area (Å²) in [5.74, 6) is 0.784. The van der Waals surface area contributed by atoms with Gasteiger partial charge in [-0.25, -0.2) is 0 Å². The Balaban J connectivity index is 1.23. The van der Waals surface area contributed by atoms with Crippen molar-refractivity contribution in [3.63, 3.8) is 0 Å². The number of carbonyl (C=O) groups excluding carboxylic acids is 2. The van der Waals surface area contributed by atoms with E-state index >= 15 is 0 Å². The number of nitrogens with zero attached hydrogens (tertiary/aromatic N) is 3. The van der Waals surface area contributed by atoms with Gasteiger partial charge in [-0.1, -0.05) is 41.6 Å². The number of nitrogens with one attached hydrogen (secondary N) is 1. The van der Waals surface area contributed by atoms with E-state index in [1.165, 1.54) is 7.11 Å². The number of oxime groups is 1. The minimum Gasteiger partial charge on any atom is -0.457 e. The lowest BCUT2D eigenvalue weighted by Crippen LogP contribution is -2.43. The first-order chi connectivity index (χ1) is 20.1. The zero-order valence-corrected chi connectivity index (χ0v) is 22.9. The average molecular weight is 547 g/mol. The molecule has 1 atom stereocenters. The van der Waals surface area contributed by atoms with Gasteiger partial charge in [0, 0.05) is 46.0 Å². The van der Waals surface area contributed by atoms with Crippen LogP contribution in [0.1, 0.15) is 23.7 Å². The molecule has 0 bridgehead atoms. The molecule has 5 aromatic rings. The summed E-state index contributed by atoms with van der Waals surface area (Å²) in [6, 6.07) is 29.8. The minimum atomic E-state index is -0.732. The van der Waals surface area contributed by atoms with E-state index < -0.39 is 6.04 Å². The first-order valence-electron chi connectivity index (χ1n) is 13.6. The molecule has 1 fully saturated rings. The molecular weight excluding hydrogens is 516 g/mol. The highest BCUT2D eigenvalue weighted by molar-refractivity contribution is 6.11. The molecule has 2 amide bonds. The molecule has 1 N–H and O–H groups in total. The van der Waals surface area contributed by atoms with E-state index in [1.54, 1.807) is 29.2 Å². The second kappa shape index (κ2) is 11.2. The number of aryl methyl sites for hydroxylation is 1. The Bertz CT molecular complexity index is 1760. The number of aromatic nitrogens is 1. The average Bonchev–Trinajstić information content (AvgIpc) is 3.57. The Hall–Kier alpha value is -5.11. The van der Waals surface area contributed by atoms with Crippen molar-refractivity contribution in [1.82, 2.24) is 9.47 Å². The number of carbonyl (C=O) groups is 2. The summed E-state index contributed by atoms with van der Waals surface area (Å²) in [6.45, 7) is 3.17. The first kappa shape index (κ1) is 26.1. The van der Waals surface area contributed by atoms with Crippen LogP contribution in [0.25, 0.3) is 21.8 Å². The van der Waals surface area contributed by atoms with E-state index in [0.717, 1.165) is 28.4 Å². The fourth-order valence-electron chi connectivity index (χ4n) is 5.50. The van der Waals surface area contributed by atoms with E-state index in [4.69, 9.17) is 9.57 Å². The molecule has 1 aliphatic heterocycles. The molecule has 8 heteroatoms. The molecule has 1 unspecified atom stereocenters. The first-order valence-corrected chi connectivity index (χ1v) is 13.6. The molecular formula is C33H30N4O4. The quantitative estimate of drug-likeness (QED) is 0.237. The number of amides is 2. The molecule has 206 valence electrons. The van der Waals surface area contributed by atoms with Crippen LogP contribution in [-0.2, 0) is 16.2 Å². The zero-order valence-electron chi connectivity index (χ0n) is 22.9. The second-order valence-corrected chi connectivity index (χ2v) is 9.92. The monoisotopic (exact) mass is 546 g/mol. The molecule has 6 rings (SSSR count). The van der Waals surface area contributed by atoms with Crippen LogP contribution in [0.15, 0.2) is 102 Å². The fourth-order valence-corrected chi connectivity index (χ4v) is 5.50. The molecule has 1 saturated heterocycles. The fraction of sp³-hybridized carbons (Fsp3) is 0.182. The number of likely N-dealkylation sites (tertiary alicyclic amines) is 1. The van der Waals surface area contributed by atoms with Gasteiger partial charge in [-0.15, -0.1) is 0 Å². The maximum absolute atomic E-state index is 13.6. The Morgan fingerprint density at radius 2 is 1.59 bits per heavy atom. The maximum atomic E-state index is 13.6. The summed E-state index contributed by atoms with van der Waals surface area (Å²) in [6.07, 6.45) is 0.290. The van der Waals surface area contributed by atoms with Crippen LogP contribution in [-0.4, -0.2) is 46.7 Å². The molecule has 0 saturated carbocycles. The van der Waals surface area contributed by atoms with Crippen LogP contribution >= 0.6 is 0 Å². The Kier molecular flexibility index (Phi) is 7.12. The summed E-state index contributed by atoms with van der Waals surface area (Å²) in [7, 11) is 1.46. The lowest BCUT2D eigenvalue weighted by molar-refractivity contribution is -0.119. The number of hydrogen-bond acceptors (Lipinski definition) is 5. The highest BCUT2D eigenvalue weighted by Gasteiger charge is 2.38. The highest BCUT2D eigenvalue weighted by atomic mass is 16.6. The Labute approximate surface area is 237 Å². The van der Waals surface area contributed by atoms with Crippen LogP contribution < -0.4 is 10.1 Å². The molecule has 2 heterocycles. The number of anilines is 1. The van der Waals surface area contributed by atoms with Gasteiger partial charge in [0.15, 0.2) is 0 Å². The van der Waals surface area contributed by atoms with Crippen molar-refractivity contribution in [2.24, 2.45) is 5.16 Å². The number of fused-ring (bicyclic) bond motifs is 3. The number of ether oxygens (including phenoxy) is 1. The molecule has 4 aromatic carbocycles. The van der Waals surface area contributed by atoms with E-state index in [0.29, 0.717) is 28.5 Å². The van der Waals surface area contributed by atoms with Gasteiger partial charge in [-0.05, 0) is 67.6 Å². The number of hydrogen-bond donors (Lipinski definition) is 1. The third-order valence-corrected chi connectivity index (χ3v) is 7.38. The molecule has 1 aromatic heterocycles. The van der Waals surface area contributed by atoms with Gasteiger partial charge in [-0.2, -0.15) is 0 Å². The van der Waals surface area contributed by atoms with Crippen LogP contribution in [0, 0.1) is 0 Å². The molecule has 0 spiro atoms. The predicted molar refractivity (Wildman–Crippen MR) is 161 cm³/mol. The second-order valence-electron chi connectivity index (χ2n) is 9.92. The van der Waals surface area contributed by atoms with Gasteiger partial charge in [0.2, 0.25) is 5.91 Å². The van der Waals surface area contributed by atoms with Crippen LogP contribution in [0.4, 0.5) is 5.69 Å². The predicted octanol–water partition coefficient (Wildman–Crippen LogP) is 6.46. The van der Waals surface area contributed by atoms with Crippen molar-refractivity contribution in [3.05, 3.63) is 103 Å². The molecule has 8 nitrogen and oxygen atoms in total. The third-order valence-electron chi connectivity index (χ3n) is 7.38. The van der Waals surface area contributed by atoms with Crippen molar-refractivity contribution >= 4 is 45.0 Å². The van der Waals surface area contributed by atoms with Crippen molar-refractivity contribution in [1.29, 1.82) is 0 Å². The highest BCUT2D eigenvalue weighted by Crippen LogP contribution is 2.31. The third kappa shape index (κ3) is 5.12. The summed E-state index contributed by atoms with van der Waals surface area (Å²) in [5, 5.41) is 9.30. The van der Waals surface area contributed by atoms with Gasteiger partial charge >= 0.3 is 0 Å².